The van der Waals surface area contributed by atoms with Gasteiger partial charge in [-0.1, -0.05) is 44.2 Å². The summed E-state index contributed by atoms with van der Waals surface area (Å²) in [6.07, 6.45) is -4.10. The van der Waals surface area contributed by atoms with Gasteiger partial charge in [0.25, 0.3) is 5.60 Å². The molecule has 2 aliphatic rings. The molecule has 5 nitrogen and oxygen atoms in total. The Hall–Kier alpha value is -2.19. The number of esters is 1. The summed E-state index contributed by atoms with van der Waals surface area (Å²) < 4.78 is 53.2. The third kappa shape index (κ3) is 3.53. The van der Waals surface area contributed by atoms with E-state index in [1.807, 2.05) is 13.8 Å². The van der Waals surface area contributed by atoms with Crippen LogP contribution in [0.25, 0.3) is 0 Å². The number of halogens is 3. The second-order valence-electron chi connectivity index (χ2n) is 9.87. The van der Waals surface area contributed by atoms with Crippen LogP contribution in [0.4, 0.5) is 13.2 Å². The van der Waals surface area contributed by atoms with E-state index in [1.54, 1.807) is 12.1 Å². The van der Waals surface area contributed by atoms with Gasteiger partial charge in [-0.15, -0.1) is 0 Å². The Morgan fingerprint density at radius 1 is 1.15 bits per heavy atom. The summed E-state index contributed by atoms with van der Waals surface area (Å²) in [4.78, 5) is 24.9. The van der Waals surface area contributed by atoms with Crippen molar-refractivity contribution in [2.45, 2.75) is 75.4 Å². The summed E-state index contributed by atoms with van der Waals surface area (Å²) in [5.74, 6) is -1.53. The first-order chi connectivity index (χ1) is 15.4. The van der Waals surface area contributed by atoms with Crippen molar-refractivity contribution >= 4 is 5.97 Å². The smallest absolute Gasteiger partial charge is 0.432 e. The number of carbonyl (C=O) groups is 1. The topological polar surface area (TPSA) is 72.8 Å². The van der Waals surface area contributed by atoms with E-state index in [0.29, 0.717) is 19.3 Å². The minimum Gasteiger partial charge on any atom is -0.457 e. The number of rotatable bonds is 5. The van der Waals surface area contributed by atoms with Gasteiger partial charge in [0.05, 0.1) is 0 Å². The van der Waals surface area contributed by atoms with E-state index in [-0.39, 0.29) is 35.7 Å². The molecule has 2 fully saturated rings. The Kier molecular flexibility index (Phi) is 5.77. The van der Waals surface area contributed by atoms with Crippen LogP contribution >= 0.6 is 0 Å². The zero-order chi connectivity index (χ0) is 24.2. The maximum absolute atomic E-state index is 14.3. The van der Waals surface area contributed by atoms with Crippen LogP contribution in [-0.2, 0) is 19.9 Å². The van der Waals surface area contributed by atoms with Crippen molar-refractivity contribution in [3.05, 3.63) is 57.7 Å². The number of hydrogen-bond donors (Lipinski definition) is 1. The van der Waals surface area contributed by atoms with E-state index in [0.717, 1.165) is 12.7 Å². The van der Waals surface area contributed by atoms with Crippen LogP contribution in [0.15, 0.2) is 41.2 Å². The van der Waals surface area contributed by atoms with Gasteiger partial charge < -0.3 is 14.6 Å². The largest absolute Gasteiger partial charge is 0.457 e. The van der Waals surface area contributed by atoms with Crippen LogP contribution in [0.3, 0.4) is 0 Å². The average molecular weight is 466 g/mol. The van der Waals surface area contributed by atoms with Gasteiger partial charge in [-0.25, -0.2) is 4.79 Å². The monoisotopic (exact) mass is 466 g/mol. The normalized spacial score (nSPS) is 34.5. The first kappa shape index (κ1) is 24.0. The lowest BCUT2D eigenvalue weighted by atomic mass is 9.50. The molecule has 1 N–H and O–H groups in total. The quantitative estimate of drug-likeness (QED) is 0.663. The summed E-state index contributed by atoms with van der Waals surface area (Å²) in [5.41, 5.74) is -5.11. The molecule has 2 aliphatic carbocycles. The maximum atomic E-state index is 14.3. The lowest BCUT2D eigenvalue weighted by Gasteiger charge is -2.59. The van der Waals surface area contributed by atoms with Gasteiger partial charge in [0.15, 0.2) is 5.43 Å². The van der Waals surface area contributed by atoms with Crippen molar-refractivity contribution in [1.82, 2.24) is 0 Å². The van der Waals surface area contributed by atoms with Gasteiger partial charge in [0, 0.05) is 23.7 Å². The maximum Gasteiger partial charge on any atom is 0.432 e. The van der Waals surface area contributed by atoms with Gasteiger partial charge in [-0.3, -0.25) is 4.79 Å². The molecule has 2 aromatic rings. The van der Waals surface area contributed by atoms with Gasteiger partial charge in [-0.05, 0) is 50.0 Å². The van der Waals surface area contributed by atoms with Crippen molar-refractivity contribution in [1.29, 1.82) is 0 Å². The van der Waals surface area contributed by atoms with Crippen molar-refractivity contribution in [2.75, 3.05) is 7.11 Å². The van der Waals surface area contributed by atoms with Gasteiger partial charge in [0.1, 0.15) is 11.7 Å². The van der Waals surface area contributed by atoms with Gasteiger partial charge >= 0.3 is 12.1 Å². The summed E-state index contributed by atoms with van der Waals surface area (Å²) in [7, 11) is 0.828. The molecule has 4 rings (SSSR count). The molecular weight excluding hydrogens is 437 g/mol. The third-order valence-corrected chi connectivity index (χ3v) is 8.37. The van der Waals surface area contributed by atoms with Gasteiger partial charge in [0.2, 0.25) is 0 Å². The third-order valence-electron chi connectivity index (χ3n) is 8.37. The molecule has 0 aromatic heterocycles. The van der Waals surface area contributed by atoms with Crippen molar-refractivity contribution in [3.8, 4) is 0 Å². The van der Waals surface area contributed by atoms with Crippen LogP contribution in [0.5, 0.6) is 0 Å². The molecule has 0 heterocycles. The Balaban J connectivity index is 1.66. The van der Waals surface area contributed by atoms with E-state index in [1.165, 1.54) is 24.3 Å². The Morgan fingerprint density at radius 2 is 1.79 bits per heavy atom. The van der Waals surface area contributed by atoms with E-state index >= 15 is 0 Å². The summed E-state index contributed by atoms with van der Waals surface area (Å²) >= 11 is 0. The van der Waals surface area contributed by atoms with Crippen molar-refractivity contribution in [3.63, 3.8) is 0 Å². The molecule has 33 heavy (non-hydrogen) atoms. The van der Waals surface area contributed by atoms with Crippen LogP contribution in [0, 0.1) is 11.3 Å². The van der Waals surface area contributed by atoms with Gasteiger partial charge in [-0.2, -0.15) is 13.2 Å². The highest BCUT2D eigenvalue weighted by Gasteiger charge is 2.67. The Labute approximate surface area is 190 Å². The molecule has 6 atom stereocenters. The highest BCUT2D eigenvalue weighted by molar-refractivity contribution is 5.83. The molecule has 0 amide bonds. The molecular formula is C25H29F3O5. The minimum atomic E-state index is -5.08. The molecule has 180 valence electrons. The van der Waals surface area contributed by atoms with E-state index in [4.69, 9.17) is 9.47 Å². The number of fused-ring (bicyclic) bond motifs is 1. The predicted octanol–water partition coefficient (Wildman–Crippen LogP) is 4.37. The van der Waals surface area contributed by atoms with Crippen LogP contribution in [-0.4, -0.2) is 36.1 Å². The summed E-state index contributed by atoms with van der Waals surface area (Å²) in [6.45, 7) is 3.88. The number of alkyl halides is 3. The molecule has 0 saturated heterocycles. The molecule has 0 spiro atoms. The predicted molar refractivity (Wildman–Crippen MR) is 114 cm³/mol. The molecule has 2 aromatic carbocycles. The van der Waals surface area contributed by atoms with Crippen LogP contribution in [0.2, 0.25) is 0 Å². The SMILES string of the molecule is CO[C@](C(=O)O[C@H]1CC[C@@H](C)[C@]2(C)C[C@@H](c3cc3=O)CC[C@@]12O)(c1ccccc1)C(F)(F)F. The number of aliphatic hydroxyl groups is 1. The van der Waals surface area contributed by atoms with E-state index in [2.05, 4.69) is 0 Å². The number of benzene rings is 1. The fraction of sp³-hybridized carbons (Fsp3) is 0.600. The fourth-order valence-corrected chi connectivity index (χ4v) is 6.03. The Bertz CT molecular complexity index is 1030. The standard InChI is InChI=1S/C25H29F3O5/c1-15-9-10-20(23(31)12-11-16(14-22(15,23)2)18-13-19(18)29)33-21(30)24(32-3,25(26,27)28)17-7-5-4-6-8-17/h4-8,13,15-16,20,31H,9-12,14H2,1-3H3/t15-,16+,20+,22+,23-,24+/m1/s1. The summed E-state index contributed by atoms with van der Waals surface area (Å²) in [6, 6.07) is 8.27. The zero-order valence-electron chi connectivity index (χ0n) is 18.9. The number of ether oxygens (including phenoxy) is 2. The molecule has 0 radical (unpaired) electrons. The molecule has 0 bridgehead atoms. The van der Waals surface area contributed by atoms with Crippen molar-refractivity contribution in [2.24, 2.45) is 11.3 Å². The fourth-order valence-electron chi connectivity index (χ4n) is 6.03. The minimum absolute atomic E-state index is 0.0113. The number of hydrogen-bond acceptors (Lipinski definition) is 5. The Morgan fingerprint density at radius 3 is 2.33 bits per heavy atom. The molecule has 0 aliphatic heterocycles. The highest BCUT2D eigenvalue weighted by atomic mass is 19.4. The first-order valence-corrected chi connectivity index (χ1v) is 11.3. The second kappa shape index (κ2) is 7.94. The lowest BCUT2D eigenvalue weighted by molar-refractivity contribution is -0.289. The average Bonchev–Trinajstić information content (AvgIpc) is 3.49. The second-order valence-corrected chi connectivity index (χ2v) is 9.87. The number of carbonyl (C=O) groups excluding carboxylic acids is 1. The highest BCUT2D eigenvalue weighted by Crippen LogP contribution is 2.60. The zero-order valence-corrected chi connectivity index (χ0v) is 18.9. The van der Waals surface area contributed by atoms with Crippen LogP contribution < -0.4 is 5.43 Å². The van der Waals surface area contributed by atoms with Crippen LogP contribution in [0.1, 0.15) is 63.0 Å². The van der Waals surface area contributed by atoms with E-state index < -0.39 is 34.9 Å². The molecule has 8 heteroatoms. The number of methoxy groups -OCH3 is 1. The first-order valence-electron chi connectivity index (χ1n) is 11.3. The van der Waals surface area contributed by atoms with E-state index in [9.17, 15) is 27.9 Å². The summed E-state index contributed by atoms with van der Waals surface area (Å²) in [5, 5.41) is 11.8. The molecule has 2 saturated carbocycles. The molecule has 0 unspecified atom stereocenters. The van der Waals surface area contributed by atoms with Crippen molar-refractivity contribution < 1.29 is 32.5 Å². The lowest BCUT2D eigenvalue weighted by Crippen LogP contribution is -2.65.